The van der Waals surface area contributed by atoms with Gasteiger partial charge in [0.05, 0.1) is 24.5 Å². The molecule has 0 aromatic carbocycles. The Morgan fingerprint density at radius 1 is 1.50 bits per heavy atom. The minimum absolute atomic E-state index is 0.288. The Morgan fingerprint density at radius 3 is 2.75 bits per heavy atom. The van der Waals surface area contributed by atoms with Crippen LogP contribution in [0.15, 0.2) is 0 Å². The summed E-state index contributed by atoms with van der Waals surface area (Å²) < 4.78 is 7.17. The number of morpholine rings is 1. The topological polar surface area (TPSA) is 68.3 Å². The number of aryl methyl sites for hydroxylation is 2. The zero-order chi connectivity index (χ0) is 14.7. The molecule has 1 saturated heterocycles. The molecule has 1 unspecified atom stereocenters. The second kappa shape index (κ2) is 6.51. The lowest BCUT2D eigenvalue weighted by molar-refractivity contribution is 0.0368. The summed E-state index contributed by atoms with van der Waals surface area (Å²) in [7, 11) is 1.90. The Morgan fingerprint density at radius 2 is 2.15 bits per heavy atom. The van der Waals surface area contributed by atoms with E-state index in [1.165, 1.54) is 0 Å². The summed E-state index contributed by atoms with van der Waals surface area (Å²) in [5, 5.41) is 7.86. The second-order valence-electron chi connectivity index (χ2n) is 5.26. The molecule has 2 heterocycles. The molecule has 0 radical (unpaired) electrons. The number of nitrogens with zero attached hydrogens (tertiary/aromatic N) is 3. The van der Waals surface area contributed by atoms with Gasteiger partial charge in [-0.05, 0) is 13.8 Å². The number of hydrogen-bond donors (Lipinski definition) is 2. The van der Waals surface area contributed by atoms with Crippen molar-refractivity contribution in [2.75, 3.05) is 38.2 Å². The third-order valence-corrected chi connectivity index (χ3v) is 3.69. The minimum Gasteiger partial charge on any atom is -0.389 e. The van der Waals surface area contributed by atoms with Gasteiger partial charge in [-0.15, -0.1) is 0 Å². The monoisotopic (exact) mass is 297 g/mol. The van der Waals surface area contributed by atoms with Gasteiger partial charge in [0, 0.05) is 32.7 Å². The summed E-state index contributed by atoms with van der Waals surface area (Å²) in [6.07, 6.45) is 0. The van der Waals surface area contributed by atoms with Gasteiger partial charge in [-0.2, -0.15) is 5.10 Å². The molecule has 6 nitrogen and oxygen atoms in total. The highest BCUT2D eigenvalue weighted by Crippen LogP contribution is 2.19. The van der Waals surface area contributed by atoms with Gasteiger partial charge < -0.3 is 15.8 Å². The van der Waals surface area contributed by atoms with Gasteiger partial charge in [0.15, 0.2) is 0 Å². The normalized spacial score (nSPS) is 17.9. The summed E-state index contributed by atoms with van der Waals surface area (Å²) in [5.41, 5.74) is 7.51. The smallest absolute Gasteiger partial charge is 0.134 e. The molecular formula is C13H23N5OS. The molecule has 1 aromatic heterocycles. The summed E-state index contributed by atoms with van der Waals surface area (Å²) in [4.78, 5) is 2.78. The number of nitrogens with one attached hydrogen (secondary N) is 1. The van der Waals surface area contributed by atoms with E-state index in [-0.39, 0.29) is 6.04 Å². The molecular weight excluding hydrogens is 274 g/mol. The van der Waals surface area contributed by atoms with Crippen LogP contribution in [0.2, 0.25) is 0 Å². The van der Waals surface area contributed by atoms with Crippen molar-refractivity contribution in [2.45, 2.75) is 19.9 Å². The average molecular weight is 297 g/mol. The first-order valence-electron chi connectivity index (χ1n) is 6.89. The minimum atomic E-state index is 0.288. The zero-order valence-electron chi connectivity index (χ0n) is 12.3. The van der Waals surface area contributed by atoms with Crippen LogP contribution in [0.4, 0.5) is 5.82 Å². The molecule has 2 rings (SSSR count). The van der Waals surface area contributed by atoms with E-state index in [0.29, 0.717) is 4.99 Å². The van der Waals surface area contributed by atoms with Gasteiger partial charge >= 0.3 is 0 Å². The fourth-order valence-electron chi connectivity index (χ4n) is 2.57. The van der Waals surface area contributed by atoms with Gasteiger partial charge in [0.2, 0.25) is 0 Å². The number of rotatable bonds is 5. The van der Waals surface area contributed by atoms with Crippen LogP contribution in [0.1, 0.15) is 18.2 Å². The number of aromatic nitrogens is 2. The van der Waals surface area contributed by atoms with Gasteiger partial charge in [0.1, 0.15) is 10.8 Å². The van der Waals surface area contributed by atoms with Gasteiger partial charge in [-0.25, -0.2) is 0 Å². The Hall–Kier alpha value is -1.18. The van der Waals surface area contributed by atoms with Crippen molar-refractivity contribution < 1.29 is 4.74 Å². The average Bonchev–Trinajstić information content (AvgIpc) is 2.65. The maximum absolute atomic E-state index is 5.80. The number of anilines is 1. The second-order valence-corrected chi connectivity index (χ2v) is 5.70. The summed E-state index contributed by atoms with van der Waals surface area (Å²) in [6.45, 7) is 8.64. The van der Waals surface area contributed by atoms with Crippen LogP contribution in [0.5, 0.6) is 0 Å². The SMILES string of the molecule is Cc1nn(C)c(NC(C)CN2CCOCC2)c1C(N)=S. The number of hydrogen-bond acceptors (Lipinski definition) is 5. The van der Waals surface area contributed by atoms with Crippen molar-refractivity contribution in [2.24, 2.45) is 12.8 Å². The van der Waals surface area contributed by atoms with Crippen molar-refractivity contribution in [3.8, 4) is 0 Å². The third-order valence-electron chi connectivity index (χ3n) is 3.49. The molecule has 0 aliphatic carbocycles. The van der Waals surface area contributed by atoms with Crippen LogP contribution in [-0.2, 0) is 11.8 Å². The molecule has 1 aromatic rings. The highest BCUT2D eigenvalue weighted by molar-refractivity contribution is 7.80. The quantitative estimate of drug-likeness (QED) is 0.771. The highest BCUT2D eigenvalue weighted by Gasteiger charge is 2.19. The lowest BCUT2D eigenvalue weighted by atomic mass is 10.2. The van der Waals surface area contributed by atoms with Gasteiger partial charge in [-0.3, -0.25) is 9.58 Å². The van der Waals surface area contributed by atoms with Crippen LogP contribution < -0.4 is 11.1 Å². The molecule has 20 heavy (non-hydrogen) atoms. The van der Waals surface area contributed by atoms with E-state index in [1.807, 2.05) is 14.0 Å². The first-order chi connectivity index (χ1) is 9.49. The first-order valence-corrected chi connectivity index (χ1v) is 7.30. The molecule has 1 aliphatic rings. The van der Waals surface area contributed by atoms with Crippen LogP contribution in [-0.4, -0.2) is 58.6 Å². The third kappa shape index (κ3) is 3.47. The van der Waals surface area contributed by atoms with Crippen molar-refractivity contribution in [1.29, 1.82) is 0 Å². The van der Waals surface area contributed by atoms with Crippen molar-refractivity contribution in [1.82, 2.24) is 14.7 Å². The molecule has 7 heteroatoms. The summed E-state index contributed by atoms with van der Waals surface area (Å²) >= 11 is 5.12. The predicted molar refractivity (Wildman–Crippen MR) is 84.2 cm³/mol. The van der Waals surface area contributed by atoms with E-state index < -0.39 is 0 Å². The molecule has 0 amide bonds. The van der Waals surface area contributed by atoms with Crippen molar-refractivity contribution in [3.05, 3.63) is 11.3 Å². The molecule has 1 atom stereocenters. The van der Waals surface area contributed by atoms with E-state index in [9.17, 15) is 0 Å². The van der Waals surface area contributed by atoms with E-state index >= 15 is 0 Å². The zero-order valence-corrected chi connectivity index (χ0v) is 13.2. The van der Waals surface area contributed by atoms with Crippen molar-refractivity contribution in [3.63, 3.8) is 0 Å². The molecule has 3 N–H and O–H groups in total. The standard InChI is InChI=1S/C13H23N5OS/c1-9(8-18-4-6-19-7-5-18)15-13-11(12(14)20)10(2)16-17(13)3/h9,15H,4-8H2,1-3H3,(H2,14,20). The predicted octanol–water partition coefficient (Wildman–Crippen LogP) is 0.495. The van der Waals surface area contributed by atoms with Crippen LogP contribution >= 0.6 is 12.2 Å². The maximum Gasteiger partial charge on any atom is 0.134 e. The van der Waals surface area contributed by atoms with Gasteiger partial charge in [-0.1, -0.05) is 12.2 Å². The molecule has 1 fully saturated rings. The Balaban J connectivity index is 2.03. The first kappa shape index (κ1) is 15.2. The largest absolute Gasteiger partial charge is 0.389 e. The number of thiocarbonyl (C=S) groups is 1. The van der Waals surface area contributed by atoms with Crippen LogP contribution in [0.25, 0.3) is 0 Å². The summed E-state index contributed by atoms with van der Waals surface area (Å²) in [5.74, 6) is 0.899. The Kier molecular flexibility index (Phi) is 4.95. The van der Waals surface area contributed by atoms with E-state index in [1.54, 1.807) is 4.68 Å². The molecule has 0 spiro atoms. The molecule has 112 valence electrons. The summed E-state index contributed by atoms with van der Waals surface area (Å²) in [6, 6.07) is 0.288. The van der Waals surface area contributed by atoms with E-state index in [4.69, 9.17) is 22.7 Å². The van der Waals surface area contributed by atoms with Crippen molar-refractivity contribution >= 4 is 23.0 Å². The number of nitrogens with two attached hydrogens (primary N) is 1. The van der Waals surface area contributed by atoms with Crippen LogP contribution in [0.3, 0.4) is 0 Å². The fraction of sp³-hybridized carbons (Fsp3) is 0.692. The Labute approximate surface area is 125 Å². The fourth-order valence-corrected chi connectivity index (χ4v) is 2.81. The lowest BCUT2D eigenvalue weighted by Crippen LogP contribution is -2.42. The van der Waals surface area contributed by atoms with Gasteiger partial charge in [0.25, 0.3) is 0 Å². The van der Waals surface area contributed by atoms with Crippen LogP contribution in [0, 0.1) is 6.92 Å². The maximum atomic E-state index is 5.80. The Bertz CT molecular complexity index is 481. The number of ether oxygens (including phenoxy) is 1. The molecule has 0 saturated carbocycles. The van der Waals surface area contributed by atoms with E-state index in [0.717, 1.165) is 49.9 Å². The molecule has 0 bridgehead atoms. The lowest BCUT2D eigenvalue weighted by Gasteiger charge is -2.29. The highest BCUT2D eigenvalue weighted by atomic mass is 32.1. The van der Waals surface area contributed by atoms with E-state index in [2.05, 4.69) is 22.2 Å². The molecule has 1 aliphatic heterocycles.